The zero-order valence-electron chi connectivity index (χ0n) is 15.1. The zero-order valence-corrected chi connectivity index (χ0v) is 16.7. The standard InChI is InChI=1S/C21H23BrN2O3/c22-19-9-5-4-8-18(19)21(26)23-16-10-13-24(14-11-16)20(25)12-15-27-17-6-2-1-3-7-17/h1-9,16H,10-15H2,(H,23,26). The van der Waals surface area contributed by atoms with Crippen LogP contribution < -0.4 is 10.1 Å². The van der Waals surface area contributed by atoms with Crippen LogP contribution in [0.4, 0.5) is 0 Å². The molecule has 0 aliphatic carbocycles. The van der Waals surface area contributed by atoms with E-state index < -0.39 is 0 Å². The van der Waals surface area contributed by atoms with Gasteiger partial charge in [-0.2, -0.15) is 0 Å². The van der Waals surface area contributed by atoms with Crippen LogP contribution >= 0.6 is 15.9 Å². The molecule has 2 aromatic carbocycles. The molecule has 1 aliphatic rings. The highest BCUT2D eigenvalue weighted by Gasteiger charge is 2.24. The maximum atomic E-state index is 12.4. The Morgan fingerprint density at radius 1 is 1.04 bits per heavy atom. The topological polar surface area (TPSA) is 58.6 Å². The van der Waals surface area contributed by atoms with Crippen LogP contribution in [-0.2, 0) is 4.79 Å². The normalized spacial score (nSPS) is 14.6. The van der Waals surface area contributed by atoms with Crippen molar-refractivity contribution in [1.82, 2.24) is 10.2 Å². The Morgan fingerprint density at radius 2 is 1.70 bits per heavy atom. The predicted octanol–water partition coefficient (Wildman–Crippen LogP) is 3.64. The average Bonchev–Trinajstić information content (AvgIpc) is 2.69. The maximum Gasteiger partial charge on any atom is 0.252 e. The van der Waals surface area contributed by atoms with Gasteiger partial charge in [0.15, 0.2) is 0 Å². The van der Waals surface area contributed by atoms with Crippen molar-refractivity contribution in [2.75, 3.05) is 19.7 Å². The van der Waals surface area contributed by atoms with E-state index in [1.807, 2.05) is 53.4 Å². The lowest BCUT2D eigenvalue weighted by molar-refractivity contribution is -0.132. The van der Waals surface area contributed by atoms with Crippen LogP contribution in [0.25, 0.3) is 0 Å². The van der Waals surface area contributed by atoms with Gasteiger partial charge in [-0.1, -0.05) is 30.3 Å². The molecule has 0 spiro atoms. The lowest BCUT2D eigenvalue weighted by atomic mass is 10.0. The average molecular weight is 431 g/mol. The summed E-state index contributed by atoms with van der Waals surface area (Å²) in [5, 5.41) is 3.07. The lowest BCUT2D eigenvalue weighted by Crippen LogP contribution is -2.46. The Balaban J connectivity index is 1.40. The second-order valence-electron chi connectivity index (χ2n) is 6.52. The molecule has 142 valence electrons. The predicted molar refractivity (Wildman–Crippen MR) is 108 cm³/mol. The Kier molecular flexibility index (Phi) is 6.87. The fraction of sp³-hybridized carbons (Fsp3) is 0.333. The van der Waals surface area contributed by atoms with Crippen molar-refractivity contribution < 1.29 is 14.3 Å². The first-order valence-electron chi connectivity index (χ1n) is 9.14. The molecule has 1 heterocycles. The summed E-state index contributed by atoms with van der Waals surface area (Å²) >= 11 is 3.41. The van der Waals surface area contributed by atoms with E-state index in [9.17, 15) is 9.59 Å². The number of hydrogen-bond donors (Lipinski definition) is 1. The molecular formula is C21H23BrN2O3. The van der Waals surface area contributed by atoms with Crippen LogP contribution in [0.5, 0.6) is 5.75 Å². The van der Waals surface area contributed by atoms with Gasteiger partial charge in [-0.15, -0.1) is 0 Å². The molecule has 1 fully saturated rings. The van der Waals surface area contributed by atoms with Gasteiger partial charge in [0.2, 0.25) is 5.91 Å². The maximum absolute atomic E-state index is 12.4. The number of nitrogens with zero attached hydrogens (tertiary/aromatic N) is 1. The molecule has 1 aliphatic heterocycles. The molecule has 2 aromatic rings. The first-order chi connectivity index (χ1) is 13.1. The molecule has 6 heteroatoms. The van der Waals surface area contributed by atoms with Crippen molar-refractivity contribution in [2.24, 2.45) is 0 Å². The molecular weight excluding hydrogens is 408 g/mol. The summed E-state index contributed by atoms with van der Waals surface area (Å²) in [6, 6.07) is 17.0. The monoisotopic (exact) mass is 430 g/mol. The molecule has 0 bridgehead atoms. The fourth-order valence-corrected chi connectivity index (χ4v) is 3.58. The summed E-state index contributed by atoms with van der Waals surface area (Å²) in [5.41, 5.74) is 0.633. The van der Waals surface area contributed by atoms with E-state index in [2.05, 4.69) is 21.2 Å². The zero-order chi connectivity index (χ0) is 19.1. The van der Waals surface area contributed by atoms with Gasteiger partial charge in [-0.05, 0) is 53.0 Å². The van der Waals surface area contributed by atoms with Crippen molar-refractivity contribution >= 4 is 27.7 Å². The fourth-order valence-electron chi connectivity index (χ4n) is 3.11. The van der Waals surface area contributed by atoms with Gasteiger partial charge in [-0.3, -0.25) is 9.59 Å². The van der Waals surface area contributed by atoms with Crippen molar-refractivity contribution in [3.63, 3.8) is 0 Å². The van der Waals surface area contributed by atoms with Crippen molar-refractivity contribution in [3.05, 3.63) is 64.6 Å². The molecule has 0 radical (unpaired) electrons. The van der Waals surface area contributed by atoms with Crippen molar-refractivity contribution in [3.8, 4) is 5.75 Å². The number of para-hydroxylation sites is 1. The smallest absolute Gasteiger partial charge is 0.252 e. The van der Waals surface area contributed by atoms with Gasteiger partial charge in [0.1, 0.15) is 5.75 Å². The quantitative estimate of drug-likeness (QED) is 0.760. The minimum atomic E-state index is -0.0801. The Labute approximate surface area is 167 Å². The molecule has 1 saturated heterocycles. The summed E-state index contributed by atoms with van der Waals surface area (Å²) in [5.74, 6) is 0.795. The number of ether oxygens (including phenoxy) is 1. The van der Waals surface area contributed by atoms with Gasteiger partial charge < -0.3 is 15.0 Å². The highest BCUT2D eigenvalue weighted by molar-refractivity contribution is 9.10. The number of amides is 2. The molecule has 0 atom stereocenters. The molecule has 2 amide bonds. The molecule has 5 nitrogen and oxygen atoms in total. The number of hydrogen-bond acceptors (Lipinski definition) is 3. The Morgan fingerprint density at radius 3 is 2.41 bits per heavy atom. The summed E-state index contributed by atoms with van der Waals surface area (Å²) in [4.78, 5) is 26.6. The Hall–Kier alpha value is -2.34. The van der Waals surface area contributed by atoms with Gasteiger partial charge in [0.25, 0.3) is 5.91 Å². The van der Waals surface area contributed by atoms with Crippen LogP contribution in [-0.4, -0.2) is 42.5 Å². The number of halogens is 1. The van der Waals surface area contributed by atoms with Crippen molar-refractivity contribution in [1.29, 1.82) is 0 Å². The second-order valence-corrected chi connectivity index (χ2v) is 7.37. The van der Waals surface area contributed by atoms with Crippen LogP contribution in [0.3, 0.4) is 0 Å². The summed E-state index contributed by atoms with van der Waals surface area (Å²) in [6.07, 6.45) is 1.89. The highest BCUT2D eigenvalue weighted by Crippen LogP contribution is 2.18. The molecule has 0 unspecified atom stereocenters. The second kappa shape index (κ2) is 9.55. The van der Waals surface area contributed by atoms with E-state index in [4.69, 9.17) is 4.74 Å². The summed E-state index contributed by atoms with van der Waals surface area (Å²) < 4.78 is 6.38. The summed E-state index contributed by atoms with van der Waals surface area (Å²) in [7, 11) is 0. The van der Waals surface area contributed by atoms with E-state index >= 15 is 0 Å². The van der Waals surface area contributed by atoms with E-state index in [0.717, 1.165) is 23.1 Å². The third-order valence-corrected chi connectivity index (χ3v) is 5.32. The molecule has 0 saturated carbocycles. The number of carbonyl (C=O) groups is 2. The minimum absolute atomic E-state index is 0.0801. The first-order valence-corrected chi connectivity index (χ1v) is 9.94. The first kappa shape index (κ1) is 19.4. The van der Waals surface area contributed by atoms with E-state index in [1.54, 1.807) is 6.07 Å². The van der Waals surface area contributed by atoms with Gasteiger partial charge >= 0.3 is 0 Å². The number of nitrogens with one attached hydrogen (secondary N) is 1. The molecule has 0 aromatic heterocycles. The van der Waals surface area contributed by atoms with Crippen molar-refractivity contribution in [2.45, 2.75) is 25.3 Å². The van der Waals surface area contributed by atoms with Gasteiger partial charge in [-0.25, -0.2) is 0 Å². The minimum Gasteiger partial charge on any atom is -0.493 e. The SMILES string of the molecule is O=C(NC1CCN(C(=O)CCOc2ccccc2)CC1)c1ccccc1Br. The van der Waals surface area contributed by atoms with Crippen LogP contribution in [0.1, 0.15) is 29.6 Å². The number of rotatable bonds is 6. The van der Waals surface area contributed by atoms with Crippen LogP contribution in [0.15, 0.2) is 59.1 Å². The van der Waals surface area contributed by atoms with E-state index in [-0.39, 0.29) is 17.9 Å². The van der Waals surface area contributed by atoms with Gasteiger partial charge in [0, 0.05) is 23.6 Å². The number of piperidine rings is 1. The molecule has 3 rings (SSSR count). The number of likely N-dealkylation sites (tertiary alicyclic amines) is 1. The Bertz CT molecular complexity index is 774. The highest BCUT2D eigenvalue weighted by atomic mass is 79.9. The molecule has 1 N–H and O–H groups in total. The van der Waals surface area contributed by atoms with E-state index in [0.29, 0.717) is 31.7 Å². The van der Waals surface area contributed by atoms with Gasteiger partial charge in [0.05, 0.1) is 18.6 Å². The third kappa shape index (κ3) is 5.57. The molecule has 27 heavy (non-hydrogen) atoms. The largest absolute Gasteiger partial charge is 0.493 e. The third-order valence-electron chi connectivity index (χ3n) is 4.63. The van der Waals surface area contributed by atoms with E-state index in [1.165, 1.54) is 0 Å². The lowest BCUT2D eigenvalue weighted by Gasteiger charge is -2.32. The van der Waals surface area contributed by atoms with Crippen LogP contribution in [0.2, 0.25) is 0 Å². The van der Waals surface area contributed by atoms with Crippen LogP contribution in [0, 0.1) is 0 Å². The number of carbonyl (C=O) groups excluding carboxylic acids is 2. The summed E-state index contributed by atoms with van der Waals surface area (Å²) in [6.45, 7) is 1.69. The number of benzene rings is 2.